The minimum atomic E-state index is -0.131. The second-order valence-electron chi connectivity index (χ2n) is 4.73. The molecule has 1 aliphatic rings. The van der Waals surface area contributed by atoms with Crippen LogP contribution >= 0.6 is 0 Å². The Morgan fingerprint density at radius 1 is 1.47 bits per heavy atom. The summed E-state index contributed by atoms with van der Waals surface area (Å²) in [5, 5.41) is 6.25. The van der Waals surface area contributed by atoms with Crippen LogP contribution in [0.3, 0.4) is 0 Å². The zero-order valence-corrected chi connectivity index (χ0v) is 10.7. The maximum absolute atomic E-state index is 12.3. The summed E-state index contributed by atoms with van der Waals surface area (Å²) < 4.78 is 0. The molecule has 1 aliphatic heterocycles. The number of aromatic nitrogens is 2. The molecule has 0 radical (unpaired) electrons. The van der Waals surface area contributed by atoms with Crippen molar-refractivity contribution in [1.29, 1.82) is 0 Å². The van der Waals surface area contributed by atoms with Crippen LogP contribution in [0.15, 0.2) is 36.7 Å². The number of fused-ring (bicyclic) bond motifs is 1. The zero-order chi connectivity index (χ0) is 13.2. The number of rotatable bonds is 3. The van der Waals surface area contributed by atoms with Gasteiger partial charge in [0.05, 0.1) is 12.0 Å². The normalized spacial score (nSPS) is 18.5. The first kappa shape index (κ1) is 11.8. The lowest BCUT2D eigenvalue weighted by atomic mass is 10.0. The molecule has 2 atom stereocenters. The van der Waals surface area contributed by atoms with E-state index in [0.717, 1.165) is 17.1 Å². The molecule has 5 nitrogen and oxygen atoms in total. The van der Waals surface area contributed by atoms with Crippen molar-refractivity contribution in [3.63, 3.8) is 0 Å². The average molecular weight is 256 g/mol. The molecule has 0 saturated heterocycles. The van der Waals surface area contributed by atoms with Crippen LogP contribution < -0.4 is 10.6 Å². The van der Waals surface area contributed by atoms with Gasteiger partial charge in [-0.15, -0.1) is 0 Å². The number of benzene rings is 1. The second kappa shape index (κ2) is 4.76. The topological polar surface area (TPSA) is 69.8 Å². The van der Waals surface area contributed by atoms with E-state index in [2.05, 4.69) is 20.6 Å². The van der Waals surface area contributed by atoms with Gasteiger partial charge in [0.2, 0.25) is 5.91 Å². The molecule has 1 aromatic carbocycles. The van der Waals surface area contributed by atoms with Crippen LogP contribution in [0.25, 0.3) is 0 Å². The van der Waals surface area contributed by atoms with Crippen molar-refractivity contribution in [2.45, 2.75) is 18.9 Å². The monoisotopic (exact) mass is 256 g/mol. The van der Waals surface area contributed by atoms with Gasteiger partial charge in [0, 0.05) is 24.6 Å². The van der Waals surface area contributed by atoms with Gasteiger partial charge in [0.25, 0.3) is 0 Å². The number of carbonyl (C=O) groups is 1. The van der Waals surface area contributed by atoms with Gasteiger partial charge in [-0.3, -0.25) is 4.79 Å². The van der Waals surface area contributed by atoms with Gasteiger partial charge in [0.1, 0.15) is 5.82 Å². The van der Waals surface area contributed by atoms with Crippen molar-refractivity contribution in [3.8, 4) is 0 Å². The van der Waals surface area contributed by atoms with Crippen molar-refractivity contribution >= 4 is 11.6 Å². The number of hydrogen-bond donors (Lipinski definition) is 3. The number of para-hydroxylation sites is 1. The third-order valence-electron chi connectivity index (χ3n) is 3.44. The fraction of sp³-hybridized carbons (Fsp3) is 0.286. The molecule has 2 unspecified atom stereocenters. The number of amides is 1. The Hall–Kier alpha value is -2.30. The Morgan fingerprint density at radius 3 is 3.11 bits per heavy atom. The number of anilines is 1. The van der Waals surface area contributed by atoms with Crippen LogP contribution in [0.4, 0.5) is 5.69 Å². The molecule has 0 saturated carbocycles. The Kier molecular flexibility index (Phi) is 2.95. The summed E-state index contributed by atoms with van der Waals surface area (Å²) in [6, 6.07) is 7.81. The lowest BCUT2D eigenvalue weighted by molar-refractivity contribution is -0.122. The summed E-state index contributed by atoms with van der Waals surface area (Å²) in [4.78, 5) is 19.5. The van der Waals surface area contributed by atoms with Gasteiger partial charge in [-0.2, -0.15) is 0 Å². The molecular weight excluding hydrogens is 240 g/mol. The fourth-order valence-electron chi connectivity index (χ4n) is 2.41. The number of aromatic amines is 1. The van der Waals surface area contributed by atoms with Crippen LogP contribution in [-0.4, -0.2) is 22.4 Å². The fourth-order valence-corrected chi connectivity index (χ4v) is 2.41. The number of carbonyl (C=O) groups excluding carboxylic acids is 1. The first-order valence-electron chi connectivity index (χ1n) is 6.38. The van der Waals surface area contributed by atoms with E-state index >= 15 is 0 Å². The highest BCUT2D eigenvalue weighted by molar-refractivity contribution is 5.88. The molecular formula is C14H16N4O. The molecule has 0 bridgehead atoms. The van der Waals surface area contributed by atoms with E-state index in [1.807, 2.05) is 31.2 Å². The highest BCUT2D eigenvalue weighted by Crippen LogP contribution is 2.31. The molecule has 2 aromatic rings. The van der Waals surface area contributed by atoms with E-state index < -0.39 is 0 Å². The summed E-state index contributed by atoms with van der Waals surface area (Å²) in [7, 11) is 0. The van der Waals surface area contributed by atoms with Crippen LogP contribution in [0.2, 0.25) is 0 Å². The van der Waals surface area contributed by atoms with E-state index in [1.165, 1.54) is 0 Å². The Bertz CT molecular complexity index is 579. The smallest absolute Gasteiger partial charge is 0.229 e. The van der Waals surface area contributed by atoms with Crippen LogP contribution in [-0.2, 0) is 4.79 Å². The number of hydrogen-bond acceptors (Lipinski definition) is 3. The number of imidazole rings is 1. The quantitative estimate of drug-likeness (QED) is 0.784. The van der Waals surface area contributed by atoms with E-state index in [1.54, 1.807) is 12.4 Å². The van der Waals surface area contributed by atoms with Crippen molar-refractivity contribution in [2.75, 3.05) is 11.9 Å². The predicted octanol–water partition coefficient (Wildman–Crippen LogP) is 1.80. The van der Waals surface area contributed by atoms with Crippen molar-refractivity contribution in [3.05, 3.63) is 48.0 Å². The lowest BCUT2D eigenvalue weighted by Crippen LogP contribution is -2.32. The Balaban J connectivity index is 1.72. The lowest BCUT2D eigenvalue weighted by Gasteiger charge is -2.15. The average Bonchev–Trinajstić information content (AvgIpc) is 3.08. The summed E-state index contributed by atoms with van der Waals surface area (Å²) >= 11 is 0. The summed E-state index contributed by atoms with van der Waals surface area (Å²) in [6.07, 6.45) is 3.44. The van der Waals surface area contributed by atoms with Crippen molar-refractivity contribution in [1.82, 2.24) is 15.3 Å². The van der Waals surface area contributed by atoms with E-state index in [0.29, 0.717) is 6.54 Å². The summed E-state index contributed by atoms with van der Waals surface area (Å²) in [5.74, 6) is 0.669. The molecule has 0 spiro atoms. The Labute approximate surface area is 111 Å². The number of nitrogens with one attached hydrogen (secondary N) is 3. The minimum Gasteiger partial charge on any atom is -0.384 e. The number of H-pyrrole nitrogens is 1. The standard InChI is InChI=1S/C14H16N4O/c1-9(13-15-6-7-16-13)18-14(19)11-8-17-12-5-3-2-4-10(11)12/h2-7,9,11,17H,8H2,1H3,(H,15,16)(H,18,19). The van der Waals surface area contributed by atoms with Crippen LogP contribution in [0.1, 0.15) is 30.3 Å². The van der Waals surface area contributed by atoms with Gasteiger partial charge in [0.15, 0.2) is 0 Å². The molecule has 3 rings (SSSR count). The molecule has 1 aromatic heterocycles. The van der Waals surface area contributed by atoms with Gasteiger partial charge in [-0.25, -0.2) is 4.98 Å². The highest BCUT2D eigenvalue weighted by atomic mass is 16.2. The van der Waals surface area contributed by atoms with Crippen LogP contribution in [0, 0.1) is 0 Å². The summed E-state index contributed by atoms with van der Waals surface area (Å²) in [6.45, 7) is 2.57. The molecule has 3 N–H and O–H groups in total. The van der Waals surface area contributed by atoms with E-state index in [9.17, 15) is 4.79 Å². The third kappa shape index (κ3) is 2.19. The first-order chi connectivity index (χ1) is 9.25. The molecule has 1 amide bonds. The SMILES string of the molecule is CC(NC(=O)C1CNc2ccccc21)c1ncc[nH]1. The van der Waals surface area contributed by atoms with E-state index in [-0.39, 0.29) is 17.9 Å². The van der Waals surface area contributed by atoms with Crippen LogP contribution in [0.5, 0.6) is 0 Å². The van der Waals surface area contributed by atoms with Gasteiger partial charge >= 0.3 is 0 Å². The van der Waals surface area contributed by atoms with Gasteiger partial charge < -0.3 is 15.6 Å². The largest absolute Gasteiger partial charge is 0.384 e. The highest BCUT2D eigenvalue weighted by Gasteiger charge is 2.29. The van der Waals surface area contributed by atoms with Crippen molar-refractivity contribution < 1.29 is 4.79 Å². The molecule has 5 heteroatoms. The molecule has 0 aliphatic carbocycles. The minimum absolute atomic E-state index is 0.0290. The third-order valence-corrected chi connectivity index (χ3v) is 3.44. The number of nitrogens with zero attached hydrogens (tertiary/aromatic N) is 1. The van der Waals surface area contributed by atoms with Gasteiger partial charge in [-0.1, -0.05) is 18.2 Å². The summed E-state index contributed by atoms with van der Waals surface area (Å²) in [5.41, 5.74) is 2.11. The first-order valence-corrected chi connectivity index (χ1v) is 6.38. The van der Waals surface area contributed by atoms with Gasteiger partial charge in [-0.05, 0) is 18.6 Å². The maximum Gasteiger partial charge on any atom is 0.229 e. The van der Waals surface area contributed by atoms with E-state index in [4.69, 9.17) is 0 Å². The molecule has 0 fully saturated rings. The molecule has 98 valence electrons. The van der Waals surface area contributed by atoms with Crippen molar-refractivity contribution in [2.24, 2.45) is 0 Å². The molecule has 19 heavy (non-hydrogen) atoms. The molecule has 2 heterocycles. The predicted molar refractivity (Wildman–Crippen MR) is 72.8 cm³/mol. The zero-order valence-electron chi connectivity index (χ0n) is 10.7. The second-order valence-corrected chi connectivity index (χ2v) is 4.73. The maximum atomic E-state index is 12.3. The Morgan fingerprint density at radius 2 is 2.32 bits per heavy atom.